The summed E-state index contributed by atoms with van der Waals surface area (Å²) in [7, 11) is 0. The molecule has 6 rings (SSSR count). The number of fused-ring (bicyclic) bond motifs is 4. The highest BCUT2D eigenvalue weighted by Gasteiger charge is 2.36. The normalized spacial score (nSPS) is 17.0. The zero-order valence-electron chi connectivity index (χ0n) is 22.1. The fraction of sp³-hybridized carbons (Fsp3) is 0.290. The summed E-state index contributed by atoms with van der Waals surface area (Å²) in [5, 5.41) is 15.4. The minimum atomic E-state index is -1.09. The molecular weight excluding hydrogens is 527 g/mol. The van der Waals surface area contributed by atoms with Crippen LogP contribution in [0, 0.1) is 11.7 Å². The molecule has 4 heterocycles. The Kier molecular flexibility index (Phi) is 7.16. The molecule has 0 saturated heterocycles. The number of aliphatic hydroxyl groups is 1. The molecule has 2 atom stereocenters. The van der Waals surface area contributed by atoms with Crippen molar-refractivity contribution in [3.8, 4) is 11.3 Å². The van der Waals surface area contributed by atoms with Crippen LogP contribution in [0.4, 0.5) is 4.39 Å². The van der Waals surface area contributed by atoms with Crippen LogP contribution in [0.5, 0.6) is 0 Å². The summed E-state index contributed by atoms with van der Waals surface area (Å²) in [5.74, 6) is -1.43. The van der Waals surface area contributed by atoms with Gasteiger partial charge in [0, 0.05) is 46.8 Å². The molecule has 7 nitrogen and oxygen atoms in total. The number of carbonyl (C=O) groups excluding carboxylic acids is 2. The van der Waals surface area contributed by atoms with Crippen molar-refractivity contribution in [1.29, 1.82) is 0 Å². The number of thiophene rings is 1. The van der Waals surface area contributed by atoms with Crippen LogP contribution in [0.25, 0.3) is 11.3 Å². The van der Waals surface area contributed by atoms with Gasteiger partial charge >= 0.3 is 0 Å². The van der Waals surface area contributed by atoms with Crippen molar-refractivity contribution in [2.75, 3.05) is 6.54 Å². The Morgan fingerprint density at radius 3 is 2.88 bits per heavy atom. The van der Waals surface area contributed by atoms with E-state index in [0.717, 1.165) is 47.5 Å². The third kappa shape index (κ3) is 4.91. The molecular formula is C31H29FN4O3S. The molecule has 0 radical (unpaired) electrons. The number of hydrogen-bond donors (Lipinski definition) is 1. The Balaban J connectivity index is 1.27. The van der Waals surface area contributed by atoms with Crippen LogP contribution in [0.3, 0.4) is 0 Å². The molecule has 2 aliphatic rings. The second kappa shape index (κ2) is 10.9. The van der Waals surface area contributed by atoms with Gasteiger partial charge in [-0.15, -0.1) is 11.3 Å². The molecule has 2 aliphatic heterocycles. The molecule has 2 unspecified atom stereocenters. The number of amides is 2. The Labute approximate surface area is 235 Å². The molecule has 9 heteroatoms. The van der Waals surface area contributed by atoms with Crippen molar-refractivity contribution < 1.29 is 19.1 Å². The van der Waals surface area contributed by atoms with Crippen LogP contribution in [0.2, 0.25) is 0 Å². The summed E-state index contributed by atoms with van der Waals surface area (Å²) in [6, 6.07) is 15.1. The fourth-order valence-corrected chi connectivity index (χ4v) is 6.72. The van der Waals surface area contributed by atoms with E-state index in [0.29, 0.717) is 28.0 Å². The highest BCUT2D eigenvalue weighted by atomic mass is 32.1. The molecule has 4 aromatic rings. The van der Waals surface area contributed by atoms with E-state index >= 15 is 0 Å². The molecule has 0 saturated carbocycles. The number of aliphatic imine (C=N–C) groups is 1. The van der Waals surface area contributed by atoms with Gasteiger partial charge in [-0.3, -0.25) is 14.3 Å². The van der Waals surface area contributed by atoms with Crippen molar-refractivity contribution in [3.63, 3.8) is 0 Å². The van der Waals surface area contributed by atoms with Gasteiger partial charge in [0.15, 0.2) is 6.23 Å². The van der Waals surface area contributed by atoms with E-state index in [-0.39, 0.29) is 24.2 Å². The van der Waals surface area contributed by atoms with Crippen molar-refractivity contribution >= 4 is 29.4 Å². The third-order valence-corrected chi connectivity index (χ3v) is 8.77. The predicted octanol–water partition coefficient (Wildman–Crippen LogP) is 5.48. The molecule has 0 spiro atoms. The number of aromatic nitrogens is 2. The van der Waals surface area contributed by atoms with Crippen molar-refractivity contribution in [3.05, 3.63) is 98.6 Å². The zero-order chi connectivity index (χ0) is 27.8. The summed E-state index contributed by atoms with van der Waals surface area (Å²) in [6.07, 6.45) is 5.40. The maximum absolute atomic E-state index is 13.9. The fourth-order valence-electron chi connectivity index (χ4n) is 5.63. The number of benzene rings is 2. The minimum absolute atomic E-state index is 0.127. The van der Waals surface area contributed by atoms with Crippen LogP contribution in [0.1, 0.15) is 61.2 Å². The highest BCUT2D eigenvalue weighted by molar-refractivity contribution is 7.14. The quantitative estimate of drug-likeness (QED) is 0.306. The molecule has 1 N–H and O–H groups in total. The highest BCUT2D eigenvalue weighted by Crippen LogP contribution is 2.37. The number of hydrogen-bond acceptors (Lipinski definition) is 5. The van der Waals surface area contributed by atoms with Crippen LogP contribution in [0.15, 0.2) is 65.8 Å². The van der Waals surface area contributed by atoms with Gasteiger partial charge in [0.2, 0.25) is 0 Å². The minimum Gasteiger partial charge on any atom is -0.369 e. The van der Waals surface area contributed by atoms with Crippen LogP contribution in [-0.2, 0) is 25.8 Å². The summed E-state index contributed by atoms with van der Waals surface area (Å²) >= 11 is 1.47. The molecule has 204 valence electrons. The second-order valence-electron chi connectivity index (χ2n) is 10.2. The van der Waals surface area contributed by atoms with Crippen LogP contribution in [-0.4, -0.2) is 44.4 Å². The molecule has 2 aromatic carbocycles. The zero-order valence-corrected chi connectivity index (χ0v) is 22.9. The first-order chi connectivity index (χ1) is 19.4. The maximum Gasteiger partial charge on any atom is 0.286 e. The van der Waals surface area contributed by atoms with E-state index in [4.69, 9.17) is 0 Å². The van der Waals surface area contributed by atoms with Gasteiger partial charge in [0.1, 0.15) is 5.82 Å². The Hall–Kier alpha value is -3.95. The van der Waals surface area contributed by atoms with Crippen molar-refractivity contribution in [1.82, 2.24) is 14.7 Å². The smallest absolute Gasteiger partial charge is 0.286 e. The van der Waals surface area contributed by atoms with Crippen molar-refractivity contribution in [2.45, 2.75) is 45.4 Å². The first kappa shape index (κ1) is 26.3. The standard InChI is InChI=1S/C31H29FN4O3S/c1-2-21-17-34-36-12-6-11-26-25(28(21)36)15-27(40-26)29(37)33-16-20(13-19-7-5-8-22(32)14-19)18-35-30(38)23-9-3-4-10-24(23)31(35)39/h3-5,7-10,14-17,20,30,38H,2,6,11-13,18H2,1H3/b33-16+. The van der Waals surface area contributed by atoms with E-state index in [1.165, 1.54) is 28.4 Å². The van der Waals surface area contributed by atoms with Gasteiger partial charge in [0.05, 0.1) is 16.8 Å². The number of halogens is 1. The lowest BCUT2D eigenvalue weighted by Gasteiger charge is -2.25. The Bertz CT molecular complexity index is 1620. The summed E-state index contributed by atoms with van der Waals surface area (Å²) in [5.41, 5.74) is 5.02. The van der Waals surface area contributed by atoms with Gasteiger partial charge in [-0.2, -0.15) is 5.10 Å². The summed E-state index contributed by atoms with van der Waals surface area (Å²) in [4.78, 5) is 33.8. The van der Waals surface area contributed by atoms with Gasteiger partial charge in [-0.1, -0.05) is 37.3 Å². The largest absolute Gasteiger partial charge is 0.369 e. The lowest BCUT2D eigenvalue weighted by Crippen LogP contribution is -2.34. The number of nitrogens with zero attached hydrogens (tertiary/aromatic N) is 4. The monoisotopic (exact) mass is 556 g/mol. The first-order valence-corrected chi connectivity index (χ1v) is 14.3. The van der Waals surface area contributed by atoms with E-state index < -0.39 is 12.1 Å². The lowest BCUT2D eigenvalue weighted by atomic mass is 9.99. The summed E-state index contributed by atoms with van der Waals surface area (Å²) in [6.45, 7) is 3.08. The molecule has 0 aliphatic carbocycles. The van der Waals surface area contributed by atoms with Gasteiger partial charge in [0.25, 0.3) is 11.8 Å². The number of carbonyl (C=O) groups is 2. The van der Waals surface area contributed by atoms with Gasteiger partial charge < -0.3 is 10.0 Å². The van der Waals surface area contributed by atoms with Crippen LogP contribution < -0.4 is 0 Å². The lowest BCUT2D eigenvalue weighted by molar-refractivity contribution is 0.0144. The van der Waals surface area contributed by atoms with E-state index in [2.05, 4.69) is 17.0 Å². The average molecular weight is 557 g/mol. The molecule has 0 fully saturated rings. The number of aryl methyl sites for hydroxylation is 3. The van der Waals surface area contributed by atoms with Gasteiger partial charge in [-0.25, -0.2) is 9.38 Å². The average Bonchev–Trinajstić information content (AvgIpc) is 3.59. The van der Waals surface area contributed by atoms with Crippen molar-refractivity contribution in [2.24, 2.45) is 10.9 Å². The van der Waals surface area contributed by atoms with E-state index in [1.807, 2.05) is 16.9 Å². The van der Waals surface area contributed by atoms with E-state index in [1.54, 1.807) is 42.6 Å². The maximum atomic E-state index is 13.9. The number of rotatable bonds is 7. The Morgan fingerprint density at radius 2 is 2.08 bits per heavy atom. The molecule has 0 bridgehead atoms. The first-order valence-electron chi connectivity index (χ1n) is 13.5. The molecule has 2 amide bonds. The van der Waals surface area contributed by atoms with E-state index in [9.17, 15) is 19.1 Å². The topological polar surface area (TPSA) is 87.8 Å². The van der Waals surface area contributed by atoms with Gasteiger partial charge in [-0.05, 0) is 61.1 Å². The third-order valence-electron chi connectivity index (χ3n) is 7.59. The molecule has 40 heavy (non-hydrogen) atoms. The predicted molar refractivity (Wildman–Crippen MR) is 152 cm³/mol. The number of aliphatic hydroxyl groups excluding tert-OH is 1. The summed E-state index contributed by atoms with van der Waals surface area (Å²) < 4.78 is 16.0. The Morgan fingerprint density at radius 1 is 1.23 bits per heavy atom. The molecule has 2 aromatic heterocycles. The second-order valence-corrected chi connectivity index (χ2v) is 11.4. The van der Waals surface area contributed by atoms with Crippen LogP contribution >= 0.6 is 11.3 Å². The SMILES string of the molecule is CCc1cnn2c1-c1cc(C(=O)/N=C/C(Cc3cccc(F)c3)CN3C(=O)c4ccccc4C3O)sc1CCC2.